The van der Waals surface area contributed by atoms with E-state index in [0.29, 0.717) is 130 Å². The number of halogens is 2. The van der Waals surface area contributed by atoms with Crippen molar-refractivity contribution in [2.75, 3.05) is 104 Å². The molecule has 7 aliphatic heterocycles. The van der Waals surface area contributed by atoms with Crippen molar-refractivity contribution in [2.45, 2.75) is 156 Å². The maximum absolute atomic E-state index is 13.8. The summed E-state index contributed by atoms with van der Waals surface area (Å²) in [6, 6.07) is 63.5. The van der Waals surface area contributed by atoms with Gasteiger partial charge in [-0.25, -0.2) is 39.7 Å². The van der Waals surface area contributed by atoms with E-state index in [1.807, 2.05) is 148 Å². The topological polar surface area (TPSA) is 435 Å². The largest absolute Gasteiger partial charge is 0.348 e. The Morgan fingerprint density at radius 2 is 0.822 bits per heavy atom. The number of piperidine rings is 1. The minimum absolute atomic E-state index is 0. The zero-order valence-electron chi connectivity index (χ0n) is 81.5. The summed E-state index contributed by atoms with van der Waals surface area (Å²) in [6.45, 7) is 12.6. The van der Waals surface area contributed by atoms with Gasteiger partial charge in [0.05, 0.1) is 27.4 Å². The van der Waals surface area contributed by atoms with Gasteiger partial charge in [-0.15, -0.1) is 5.43 Å². The molecule has 18 rings (SSSR count). The summed E-state index contributed by atoms with van der Waals surface area (Å²) in [6.07, 6.45) is 32.4. The highest BCUT2D eigenvalue weighted by molar-refractivity contribution is 7.89. The second kappa shape index (κ2) is 52.0. The molecule has 8 atom stereocenters. The number of likely N-dealkylation sites (N-methyl/N-ethyl adjacent to an activating group) is 1. The molecule has 39 heteroatoms. The van der Waals surface area contributed by atoms with E-state index in [4.69, 9.17) is 33.9 Å². The highest BCUT2D eigenvalue weighted by atomic mass is 32.2. The Balaban J connectivity index is 0.000000157. The molecule has 8 unspecified atom stereocenters. The van der Waals surface area contributed by atoms with Gasteiger partial charge in [-0.2, -0.15) is 31.2 Å². The number of carbonyl (C=O) groups is 5. The summed E-state index contributed by atoms with van der Waals surface area (Å²) in [4.78, 5) is 86.9. The first-order chi connectivity index (χ1) is 69.8. The first-order valence-corrected chi connectivity index (χ1v) is 51.1. The molecular formula is C107H124F2N25O10S2+. The second-order valence-corrected chi connectivity index (χ2v) is 40.4. The van der Waals surface area contributed by atoms with E-state index >= 15 is 0 Å². The summed E-state index contributed by atoms with van der Waals surface area (Å²) in [5.41, 5.74) is 16.8. The molecule has 1 aliphatic carbocycles. The van der Waals surface area contributed by atoms with E-state index in [9.17, 15) is 54.5 Å². The Kier molecular flexibility index (Phi) is 38.8. The lowest BCUT2D eigenvalue weighted by atomic mass is 9.94. The molecule has 0 spiro atoms. The molecule has 2 aromatic heterocycles. The van der Waals surface area contributed by atoms with Crippen LogP contribution in [0.4, 0.5) is 14.6 Å². The number of carbonyl (C=O) groups excluding carboxylic acids is 5. The van der Waals surface area contributed by atoms with Gasteiger partial charge in [0.2, 0.25) is 20.0 Å². The van der Waals surface area contributed by atoms with Crippen LogP contribution in [-0.2, 0) is 34.1 Å². The molecule has 9 N–H and O–H groups in total. The van der Waals surface area contributed by atoms with Gasteiger partial charge in [0.25, 0.3) is 34.5 Å². The Bertz CT molecular complexity index is 6700. The fourth-order valence-electron chi connectivity index (χ4n) is 18.3. The molecule has 8 fully saturated rings. The summed E-state index contributed by atoms with van der Waals surface area (Å²) < 4.78 is 86.0. The molecule has 1 saturated carbocycles. The minimum Gasteiger partial charge on any atom is -0.348 e. The maximum Gasteiger partial charge on any atom is 0.252 e. The van der Waals surface area contributed by atoms with Gasteiger partial charge in [0.15, 0.2) is 42.2 Å². The number of aryl methyl sites for hydroxylation is 3. The number of nitroso groups, excluding NO2 is 1. The first-order valence-electron chi connectivity index (χ1n) is 48.2. The zero-order valence-corrected chi connectivity index (χ0v) is 83.2. The molecule has 10 aromatic rings. The fourth-order valence-corrected chi connectivity index (χ4v) is 21.0. The third-order valence-corrected chi connectivity index (χ3v) is 29.3. The van der Waals surface area contributed by atoms with Crippen LogP contribution < -0.4 is 46.9 Å². The lowest BCUT2D eigenvalue weighted by Crippen LogP contribution is -2.46. The van der Waals surface area contributed by atoms with E-state index in [1.165, 1.54) is 35.9 Å². The third-order valence-electron chi connectivity index (χ3n) is 26.3. The zero-order chi connectivity index (χ0) is 103. The van der Waals surface area contributed by atoms with E-state index in [0.717, 1.165) is 122 Å². The van der Waals surface area contributed by atoms with Crippen LogP contribution in [0.25, 0.3) is 33.5 Å². The number of nitriles is 4. The Morgan fingerprint density at radius 3 is 1.23 bits per heavy atom. The number of anilines is 1. The van der Waals surface area contributed by atoms with Gasteiger partial charge in [-0.05, 0) is 198 Å². The van der Waals surface area contributed by atoms with Gasteiger partial charge in [0.1, 0.15) is 11.7 Å². The minimum atomic E-state index is -3.75. The smallest absolute Gasteiger partial charge is 0.252 e. The van der Waals surface area contributed by atoms with Crippen LogP contribution in [0.15, 0.2) is 222 Å². The van der Waals surface area contributed by atoms with Gasteiger partial charge in [0, 0.05) is 198 Å². The Morgan fingerprint density at radius 1 is 0.418 bits per heavy atom. The number of nitrogens with one attached hydrogen (secondary N) is 9. The number of likely N-dealkylation sites (tertiary alicyclic amines) is 7. The van der Waals surface area contributed by atoms with Crippen LogP contribution in [0, 0.1) is 101 Å². The normalized spacial score (nSPS) is 19.3. The molecule has 8 aromatic carbocycles. The van der Waals surface area contributed by atoms with Crippen LogP contribution in [0.1, 0.15) is 152 Å². The van der Waals surface area contributed by atoms with Crippen LogP contribution in [0.3, 0.4) is 0 Å². The van der Waals surface area contributed by atoms with Gasteiger partial charge in [-0.1, -0.05) is 159 Å². The molecule has 146 heavy (non-hydrogen) atoms. The molecular weight excluding hydrogens is 1900 g/mol. The van der Waals surface area contributed by atoms with E-state index in [-0.39, 0.29) is 101 Å². The summed E-state index contributed by atoms with van der Waals surface area (Å²) in [5, 5.41) is 58.7. The van der Waals surface area contributed by atoms with Crippen molar-refractivity contribution in [3.8, 4) is 83.2 Å². The highest BCUT2D eigenvalue weighted by Gasteiger charge is 2.39. The lowest BCUT2D eigenvalue weighted by molar-refractivity contribution is -0.585. The Hall–Kier alpha value is -15.8. The van der Waals surface area contributed by atoms with Crippen molar-refractivity contribution >= 4 is 55.4 Å². The van der Waals surface area contributed by atoms with Crippen LogP contribution in [0.2, 0.25) is 0 Å². The highest BCUT2D eigenvalue weighted by Crippen LogP contribution is 2.32. The molecule has 0 bridgehead atoms. The number of sulfonamides is 2. The maximum atomic E-state index is 13.8. The molecule has 0 radical (unpaired) electrons. The number of amides is 5. The number of rotatable bonds is 24. The first kappa shape index (κ1) is 109. The summed E-state index contributed by atoms with van der Waals surface area (Å²) in [5.74, 6) is -2.45. The number of aromatic nitrogens is 4. The number of hydrogen-bond donors (Lipinski definition) is 9. The van der Waals surface area contributed by atoms with Crippen LogP contribution in [-0.4, -0.2) is 252 Å². The quantitative estimate of drug-likeness (QED) is 0.0117. The predicted octanol–water partition coefficient (Wildman–Crippen LogP) is 10.9. The van der Waals surface area contributed by atoms with Crippen molar-refractivity contribution in [2.24, 2.45) is 14.1 Å². The second-order valence-electron chi connectivity index (χ2n) is 37.0. The van der Waals surface area contributed by atoms with Crippen molar-refractivity contribution in [3.05, 3.63) is 274 Å². The van der Waals surface area contributed by atoms with E-state index in [2.05, 4.69) is 118 Å². The monoisotopic (exact) mass is 2020 g/mol. The van der Waals surface area contributed by atoms with Crippen molar-refractivity contribution < 1.29 is 54.6 Å². The van der Waals surface area contributed by atoms with Gasteiger partial charge in [-0.3, -0.25) is 28.7 Å². The predicted molar refractivity (Wildman–Crippen MR) is 550 cm³/mol. The molecule has 9 heterocycles. The number of hydrazine groups is 2. The fraction of sp³-hybridized carbons (Fsp3) is 0.374. The number of nitrogens with zero attached hydrogens (tertiary/aromatic N) is 16. The standard InChI is InChI=1S/C21H23F2N8O.C19H22N2O.C18H21N5O3S.C18H17N3O.C17H22N4O3S.C13H15N3O.CH4/c1-5-30-11-16(14-6-7-17(22)18(23)8-14)19(12-30)25-31(32)27-21-13(2)20(26-29(21)4)15-9-24-28(3)10-15;1-21-13-5-8-18(14-21)20-19(22)17-11-9-16(10-12-17)15-6-3-2-4-7-15;1-2-22-8-7-16(12-22)21-27(25,26)17-5-3-4-14(10-17)18(24)20-15-6-9-23(11-15)13-19;19-13-21-11-10-17(12-21)20-18(22)16-8-6-15(7-9-16)14-4-2-1-3-5-14;18-12-21-9-8-15(11-21)19-17(22)13-4-3-7-16(10-13)25(23,24)20-14-5-1-2-6-14;1-10-2-4-11(5-3-10)13(17)15-12-6-7-16(8-12)9-14;/h1,6-10,16,19H,11-12H2,2-4H3,(H2,25,27,32);2-4,6-7,9-12,18H,5,8,13-14H2,1H3,(H,20,22);1,3-5,10,15-16,21H,6-9,11-12H2,(H,20,24);1-9,17H,10-12H2,(H,20,22);3-4,7,10,14-15,20H,1-2,5-6,8-9,11H2,(H,19,22);2-5,12H,6-8H2,1H3,(H,15,17);1H4/q+1;;;;;;. The van der Waals surface area contributed by atoms with E-state index < -0.39 is 37.7 Å². The molecule has 5 amide bonds. The lowest BCUT2D eigenvalue weighted by Gasteiger charge is -2.30. The Labute approximate surface area is 852 Å². The average Bonchev–Trinajstić information content (AvgIpc) is 1.70. The van der Waals surface area contributed by atoms with Crippen molar-refractivity contribution in [3.63, 3.8) is 0 Å². The number of hydrogen-bond acceptors (Lipinski definition) is 23. The molecule has 7 saturated heterocycles. The summed E-state index contributed by atoms with van der Waals surface area (Å²) in [7, 11) is -1.73. The van der Waals surface area contributed by atoms with Crippen LogP contribution in [0.5, 0.6) is 0 Å². The molecule has 35 nitrogen and oxygen atoms in total. The van der Waals surface area contributed by atoms with Crippen LogP contribution >= 0.6 is 0 Å². The molecule has 8 aliphatic rings. The third kappa shape index (κ3) is 30.7. The SMILES string of the molecule is C.C#CN1CC(N[N+](=O)Nc2c(C)c(-c3cnn(C)c3)nn2C)C(c2ccc(F)c(F)c2)C1.C#CN1CCC(NS(=O)(=O)c2cccc(C(=O)NC3CCN(C#N)C3)c2)C1.CN1CCCC(NC(=O)c2ccc(-c3ccccc3)cc2)C1.Cc1ccc(C(=O)NC2CCN(C#N)C2)cc1.N#CN1CCC(NC(=O)c2ccc(-c3ccccc3)cc2)C1.N#CN1CCC(NC(=O)c2cccc(S(=O)(=O)NC3CCCC3)c2)C1. The number of benzene rings is 8. The van der Waals surface area contributed by atoms with E-state index in [1.54, 1.807) is 76.3 Å². The average molecular weight is 2020 g/mol. The van der Waals surface area contributed by atoms with Gasteiger partial charge >= 0.3 is 0 Å². The van der Waals surface area contributed by atoms with Crippen molar-refractivity contribution in [1.82, 2.24) is 95.3 Å². The molecule has 762 valence electrons. The number of terminal acetylenes is 2. The van der Waals surface area contributed by atoms with Crippen molar-refractivity contribution in [1.29, 1.82) is 21.0 Å². The van der Waals surface area contributed by atoms with Gasteiger partial charge < -0.3 is 60.9 Å². The summed E-state index contributed by atoms with van der Waals surface area (Å²) >= 11 is 0.